The van der Waals surface area contributed by atoms with Crippen molar-refractivity contribution in [3.63, 3.8) is 0 Å². The van der Waals surface area contributed by atoms with Gasteiger partial charge in [0.2, 0.25) is 11.1 Å². The highest BCUT2D eigenvalue weighted by Crippen LogP contribution is 2.31. The monoisotopic (exact) mass is 982 g/mol. The van der Waals surface area contributed by atoms with Crippen molar-refractivity contribution in [1.82, 2.24) is 35.2 Å². The molecular weight excluding hydrogens is 941 g/mol. The first kappa shape index (κ1) is 48.9. The summed E-state index contributed by atoms with van der Waals surface area (Å²) in [5, 5.41) is 9.02. The molecule has 1 aliphatic rings. The summed E-state index contributed by atoms with van der Waals surface area (Å²) in [6.45, 7) is 3.38. The fraction of sp³-hybridized carbons (Fsp3) is 0.137. The Labute approximate surface area is 406 Å². The lowest BCUT2D eigenvalue weighted by Crippen LogP contribution is -2.44. The molecule has 1 atom stereocenters. The van der Waals surface area contributed by atoms with Crippen LogP contribution in [0.25, 0.3) is 22.5 Å². The van der Waals surface area contributed by atoms with Gasteiger partial charge in [0, 0.05) is 91.6 Å². The Morgan fingerprint density at radius 1 is 0.606 bits per heavy atom. The normalized spacial score (nSPS) is 12.5. The summed E-state index contributed by atoms with van der Waals surface area (Å²) in [5.41, 5.74) is 3.95. The number of ether oxygens (including phenoxy) is 2. The average Bonchev–Trinajstić information content (AvgIpc) is 3.40. The van der Waals surface area contributed by atoms with Gasteiger partial charge >= 0.3 is 0 Å². The van der Waals surface area contributed by atoms with E-state index in [1.54, 1.807) is 60.8 Å². The van der Waals surface area contributed by atoms with Crippen LogP contribution in [0.4, 0.5) is 46.5 Å². The molecule has 0 radical (unpaired) electrons. The molecule has 3 N–H and O–H groups in total. The molecular formula is C51H42F4N10O5S. The summed E-state index contributed by atoms with van der Waals surface area (Å²) < 4.78 is 76.6. The zero-order chi connectivity index (χ0) is 50.0. The number of anilines is 5. The third kappa shape index (κ3) is 11.9. The van der Waals surface area contributed by atoms with Gasteiger partial charge in [0.25, 0.3) is 0 Å². The van der Waals surface area contributed by atoms with Crippen LogP contribution in [0.3, 0.4) is 0 Å². The number of carbonyl (C=O) groups excluding carboxylic acids is 2. The SMILES string of the molecule is COc1ccc(-c2ccnc(N3CCNCC3)n2)cc1C(=O)c1ccc(Nc2ccc(F)cc2F)nc1.COc1ccc(-c2ccnc(S(C)=O)n2)cc1C(=O)c1ccc(Nc2ccc(F)cc2F)nc1. The minimum atomic E-state index is -1.35. The third-order valence-corrected chi connectivity index (χ3v) is 11.6. The average molecular weight is 983 g/mol. The molecule has 9 rings (SSSR count). The van der Waals surface area contributed by atoms with Crippen LogP contribution in [-0.4, -0.2) is 92.3 Å². The van der Waals surface area contributed by atoms with Gasteiger partial charge in [-0.25, -0.2) is 47.5 Å². The number of pyridine rings is 2. The van der Waals surface area contributed by atoms with E-state index in [4.69, 9.17) is 14.5 Å². The molecule has 8 aromatic rings. The van der Waals surface area contributed by atoms with Gasteiger partial charge in [0.05, 0.1) is 58.9 Å². The number of piperazine rings is 1. The number of methoxy groups -OCH3 is 2. The standard InChI is InChI=1S/C27H24F2N6O2.C24H18F2N4O3S/c1-37-24-6-2-17(22-8-9-31-27(34-22)35-12-10-30-11-13-35)14-20(24)26(36)18-3-7-25(32-16-18)33-23-5-4-19(28)15-21(23)29;1-33-21-7-3-14(19-9-10-27-24(30-19)34(2)32)11-17(21)23(31)15-4-8-22(28-13-15)29-20-6-5-16(25)12-18(20)26/h2-9,14-16,30H,10-13H2,1H3,(H,32,33);3-13H,1-2H3,(H,28,29). The lowest BCUT2D eigenvalue weighted by atomic mass is 10.00. The maximum atomic E-state index is 13.9. The summed E-state index contributed by atoms with van der Waals surface area (Å²) in [6, 6.07) is 26.3. The van der Waals surface area contributed by atoms with Crippen LogP contribution in [0.2, 0.25) is 0 Å². The lowest BCUT2D eigenvalue weighted by Gasteiger charge is -2.27. The molecule has 0 saturated carbocycles. The molecule has 1 aliphatic heterocycles. The fourth-order valence-electron chi connectivity index (χ4n) is 7.23. The minimum absolute atomic E-state index is 0.0552. The molecule has 71 heavy (non-hydrogen) atoms. The molecule has 20 heteroatoms. The van der Waals surface area contributed by atoms with Crippen LogP contribution in [0, 0.1) is 23.3 Å². The number of rotatable bonds is 14. The van der Waals surface area contributed by atoms with Gasteiger partial charge in [-0.05, 0) is 97.1 Å². The van der Waals surface area contributed by atoms with Crippen molar-refractivity contribution in [3.05, 3.63) is 180 Å². The summed E-state index contributed by atoms with van der Waals surface area (Å²) in [5.74, 6) is -1.48. The smallest absolute Gasteiger partial charge is 0.225 e. The number of hydrogen-bond donors (Lipinski definition) is 3. The molecule has 15 nitrogen and oxygen atoms in total. The van der Waals surface area contributed by atoms with Gasteiger partial charge in [-0.1, -0.05) is 0 Å². The number of benzene rings is 4. The molecule has 4 aromatic carbocycles. The van der Waals surface area contributed by atoms with Crippen molar-refractivity contribution in [2.24, 2.45) is 0 Å². The minimum Gasteiger partial charge on any atom is -0.496 e. The van der Waals surface area contributed by atoms with Crippen molar-refractivity contribution < 1.29 is 40.8 Å². The van der Waals surface area contributed by atoms with E-state index in [0.29, 0.717) is 51.3 Å². The molecule has 0 amide bonds. The van der Waals surface area contributed by atoms with Gasteiger partial charge in [-0.15, -0.1) is 0 Å². The van der Waals surface area contributed by atoms with E-state index in [1.807, 2.05) is 6.07 Å². The van der Waals surface area contributed by atoms with Crippen LogP contribution in [0.15, 0.2) is 139 Å². The Morgan fingerprint density at radius 2 is 1.10 bits per heavy atom. The molecule has 5 heterocycles. The number of carbonyl (C=O) groups is 2. The number of halogens is 4. The molecule has 0 bridgehead atoms. The predicted octanol–water partition coefficient (Wildman–Crippen LogP) is 8.75. The van der Waals surface area contributed by atoms with Crippen molar-refractivity contribution in [1.29, 1.82) is 0 Å². The summed E-state index contributed by atoms with van der Waals surface area (Å²) in [6.07, 6.45) is 7.44. The zero-order valence-corrected chi connectivity index (χ0v) is 38.9. The first-order valence-corrected chi connectivity index (χ1v) is 23.2. The van der Waals surface area contributed by atoms with Crippen LogP contribution in [0.5, 0.6) is 11.5 Å². The second kappa shape index (κ2) is 22.3. The van der Waals surface area contributed by atoms with Crippen molar-refractivity contribution >= 4 is 51.3 Å². The maximum absolute atomic E-state index is 13.9. The highest BCUT2D eigenvalue weighted by atomic mass is 32.2. The van der Waals surface area contributed by atoms with Crippen molar-refractivity contribution in [3.8, 4) is 34.0 Å². The number of nitrogens with one attached hydrogen (secondary N) is 3. The molecule has 0 spiro atoms. The van der Waals surface area contributed by atoms with Gasteiger partial charge in [-0.3, -0.25) is 13.8 Å². The molecule has 4 aromatic heterocycles. The molecule has 360 valence electrons. The molecule has 0 aliphatic carbocycles. The quantitative estimate of drug-likeness (QED) is 0.0533. The van der Waals surface area contributed by atoms with Crippen LogP contribution < -0.4 is 30.3 Å². The van der Waals surface area contributed by atoms with Crippen LogP contribution >= 0.6 is 0 Å². The van der Waals surface area contributed by atoms with Crippen LogP contribution in [-0.2, 0) is 10.8 Å². The van der Waals surface area contributed by atoms with E-state index in [-0.39, 0.29) is 45.0 Å². The Bertz CT molecular complexity index is 3260. The third-order valence-electron chi connectivity index (χ3n) is 10.9. The van der Waals surface area contributed by atoms with E-state index in [1.165, 1.54) is 63.3 Å². The largest absolute Gasteiger partial charge is 0.496 e. The van der Waals surface area contributed by atoms with Gasteiger partial charge < -0.3 is 30.3 Å². The molecule has 1 unspecified atom stereocenters. The Balaban J connectivity index is 0.000000191. The summed E-state index contributed by atoms with van der Waals surface area (Å²) >= 11 is 0. The number of aromatic nitrogens is 6. The van der Waals surface area contributed by atoms with E-state index >= 15 is 0 Å². The lowest BCUT2D eigenvalue weighted by molar-refractivity contribution is 0.102. The highest BCUT2D eigenvalue weighted by Gasteiger charge is 2.21. The number of hydrogen-bond acceptors (Lipinski definition) is 15. The fourth-order valence-corrected chi connectivity index (χ4v) is 7.67. The van der Waals surface area contributed by atoms with Crippen molar-refractivity contribution in [2.75, 3.05) is 62.2 Å². The number of ketones is 2. The highest BCUT2D eigenvalue weighted by molar-refractivity contribution is 7.84. The first-order chi connectivity index (χ1) is 34.4. The second-order valence-corrected chi connectivity index (χ2v) is 16.8. The molecule has 1 fully saturated rings. The van der Waals surface area contributed by atoms with Gasteiger partial charge in [0.1, 0.15) is 46.4 Å². The first-order valence-electron chi connectivity index (χ1n) is 21.6. The zero-order valence-electron chi connectivity index (χ0n) is 38.1. The second-order valence-electron chi connectivity index (χ2n) is 15.5. The number of nitrogens with zero attached hydrogens (tertiary/aromatic N) is 7. The Hall–Kier alpha value is -8.49. The van der Waals surface area contributed by atoms with E-state index in [9.17, 15) is 31.4 Å². The topological polar surface area (TPSA) is 186 Å². The van der Waals surface area contributed by atoms with E-state index < -0.39 is 34.1 Å². The van der Waals surface area contributed by atoms with E-state index in [0.717, 1.165) is 56.0 Å². The van der Waals surface area contributed by atoms with Gasteiger partial charge in [0.15, 0.2) is 11.6 Å². The molecule has 1 saturated heterocycles. The summed E-state index contributed by atoms with van der Waals surface area (Å²) in [4.78, 5) is 54.5. The Morgan fingerprint density at radius 3 is 1.55 bits per heavy atom. The van der Waals surface area contributed by atoms with E-state index in [2.05, 4.69) is 45.8 Å². The maximum Gasteiger partial charge on any atom is 0.225 e. The van der Waals surface area contributed by atoms with Crippen molar-refractivity contribution in [2.45, 2.75) is 5.16 Å². The van der Waals surface area contributed by atoms with Gasteiger partial charge in [-0.2, -0.15) is 0 Å². The summed E-state index contributed by atoms with van der Waals surface area (Å²) in [7, 11) is 1.60. The predicted molar refractivity (Wildman–Crippen MR) is 260 cm³/mol. The Kier molecular flexibility index (Phi) is 15.4. The van der Waals surface area contributed by atoms with Crippen LogP contribution in [0.1, 0.15) is 31.8 Å².